The molecule has 2 saturated heterocycles. The van der Waals surface area contributed by atoms with Gasteiger partial charge in [0.15, 0.2) is 8.32 Å². The molecule has 6 heteroatoms. The van der Waals surface area contributed by atoms with Crippen molar-refractivity contribution in [2.75, 3.05) is 32.1 Å². The molecular formula is C26H36N2O3Si. The number of hydrogen-bond acceptors (Lipinski definition) is 5. The number of para-hydroxylation sites is 1. The SMILES string of the molecule is COC(=O)C1=C2Nc3ccccc3[C@@]23CCN2C/C(=C/CO[Si](C)(C)C(C)(C)C)[C@@H]1C[C@H]23. The molecule has 0 amide bonds. The lowest BCUT2D eigenvalue weighted by Crippen LogP contribution is -2.53. The zero-order chi connectivity index (χ0) is 22.9. The molecule has 1 aromatic rings. The van der Waals surface area contributed by atoms with E-state index < -0.39 is 8.32 Å². The van der Waals surface area contributed by atoms with Gasteiger partial charge in [0, 0.05) is 36.4 Å². The summed E-state index contributed by atoms with van der Waals surface area (Å²) < 4.78 is 11.8. The molecule has 5 nitrogen and oxygen atoms in total. The summed E-state index contributed by atoms with van der Waals surface area (Å²) in [5.41, 5.74) is 5.60. The van der Waals surface area contributed by atoms with Gasteiger partial charge < -0.3 is 14.5 Å². The van der Waals surface area contributed by atoms with E-state index in [4.69, 9.17) is 9.16 Å². The topological polar surface area (TPSA) is 50.8 Å². The van der Waals surface area contributed by atoms with Crippen LogP contribution in [0, 0.1) is 5.92 Å². The standard InChI is InChI=1S/C26H36N2O3Si/c1-25(2,3)32(5,6)31-14-11-17-16-28-13-12-26-19-9-7-8-10-20(19)27-23(26)22(24(29)30-4)18(17)15-21(26)28/h7-11,18,21,27H,12-16H2,1-6H3/b17-11-/t18-,21-,26+/m0/s1. The summed E-state index contributed by atoms with van der Waals surface area (Å²) in [6, 6.07) is 9.00. The largest absolute Gasteiger partial charge is 0.466 e. The minimum atomic E-state index is -1.82. The Kier molecular flexibility index (Phi) is 5.01. The lowest BCUT2D eigenvalue weighted by molar-refractivity contribution is -0.137. The number of nitrogens with one attached hydrogen (secondary N) is 1. The molecule has 1 aliphatic carbocycles. The van der Waals surface area contributed by atoms with E-state index in [1.807, 2.05) is 0 Å². The van der Waals surface area contributed by atoms with Crippen LogP contribution in [-0.4, -0.2) is 52.0 Å². The summed E-state index contributed by atoms with van der Waals surface area (Å²) in [7, 11) is -0.319. The summed E-state index contributed by atoms with van der Waals surface area (Å²) in [6.07, 6.45) is 4.27. The molecule has 3 heterocycles. The van der Waals surface area contributed by atoms with Crippen LogP contribution < -0.4 is 5.32 Å². The van der Waals surface area contributed by atoms with Crippen molar-refractivity contribution in [2.45, 2.75) is 63.2 Å². The Bertz CT molecular complexity index is 1020. The number of ether oxygens (including phenoxy) is 1. The molecule has 0 saturated carbocycles. The molecule has 3 atom stereocenters. The maximum absolute atomic E-state index is 13.2. The van der Waals surface area contributed by atoms with Gasteiger partial charge in [0.2, 0.25) is 0 Å². The van der Waals surface area contributed by atoms with Gasteiger partial charge in [-0.1, -0.05) is 50.6 Å². The third kappa shape index (κ3) is 2.99. The van der Waals surface area contributed by atoms with Gasteiger partial charge in [0.1, 0.15) is 0 Å². The highest BCUT2D eigenvalue weighted by atomic mass is 28.4. The minimum absolute atomic E-state index is 0.0924. The first-order valence-corrected chi connectivity index (χ1v) is 14.8. The van der Waals surface area contributed by atoms with Gasteiger partial charge in [0.25, 0.3) is 0 Å². The predicted octanol–water partition coefficient (Wildman–Crippen LogP) is 4.83. The Labute approximate surface area is 193 Å². The van der Waals surface area contributed by atoms with Crippen LogP contribution in [0.2, 0.25) is 18.1 Å². The average Bonchev–Trinajstić information content (AvgIpc) is 3.29. The van der Waals surface area contributed by atoms with Crippen molar-refractivity contribution >= 4 is 20.0 Å². The highest BCUT2D eigenvalue weighted by Gasteiger charge is 2.62. The summed E-state index contributed by atoms with van der Waals surface area (Å²) in [5.74, 6) is -0.102. The molecule has 1 N–H and O–H groups in total. The molecule has 2 fully saturated rings. The fraction of sp³-hybridized carbons (Fsp3) is 0.577. The Morgan fingerprint density at radius 1 is 1.31 bits per heavy atom. The molecule has 0 unspecified atom stereocenters. The van der Waals surface area contributed by atoms with Crippen LogP contribution in [0.3, 0.4) is 0 Å². The monoisotopic (exact) mass is 452 g/mol. The predicted molar refractivity (Wildman–Crippen MR) is 130 cm³/mol. The number of anilines is 1. The fourth-order valence-corrected chi connectivity index (χ4v) is 7.03. The summed E-state index contributed by atoms with van der Waals surface area (Å²) in [5, 5.41) is 3.85. The van der Waals surface area contributed by atoms with Crippen molar-refractivity contribution < 1.29 is 14.0 Å². The Morgan fingerprint density at radius 3 is 2.78 bits per heavy atom. The number of fused-ring (bicyclic) bond motifs is 2. The molecule has 3 aliphatic heterocycles. The van der Waals surface area contributed by atoms with Crippen LogP contribution in [0.25, 0.3) is 0 Å². The van der Waals surface area contributed by atoms with E-state index in [0.717, 1.165) is 42.9 Å². The minimum Gasteiger partial charge on any atom is -0.466 e. The summed E-state index contributed by atoms with van der Waals surface area (Å²) in [6.45, 7) is 14.0. The third-order valence-corrected chi connectivity index (χ3v) is 13.3. The Morgan fingerprint density at radius 2 is 2.06 bits per heavy atom. The van der Waals surface area contributed by atoms with Crippen LogP contribution in [0.15, 0.2) is 47.2 Å². The average molecular weight is 453 g/mol. The van der Waals surface area contributed by atoms with Crippen molar-refractivity contribution in [1.82, 2.24) is 4.90 Å². The summed E-state index contributed by atoms with van der Waals surface area (Å²) >= 11 is 0. The number of benzene rings is 1. The zero-order valence-corrected chi connectivity index (χ0v) is 21.2. The van der Waals surface area contributed by atoms with Gasteiger partial charge in [-0.05, 0) is 42.6 Å². The van der Waals surface area contributed by atoms with E-state index in [-0.39, 0.29) is 22.3 Å². The highest BCUT2D eigenvalue weighted by molar-refractivity contribution is 6.74. The molecule has 5 rings (SSSR count). The number of piperidine rings is 1. The molecular weight excluding hydrogens is 416 g/mol. The van der Waals surface area contributed by atoms with Crippen molar-refractivity contribution in [3.63, 3.8) is 0 Å². The maximum atomic E-state index is 13.2. The second kappa shape index (κ2) is 7.30. The van der Waals surface area contributed by atoms with Crippen LogP contribution >= 0.6 is 0 Å². The molecule has 0 aromatic heterocycles. The molecule has 4 aliphatic rings. The Balaban J connectivity index is 1.55. The van der Waals surface area contributed by atoms with Crippen LogP contribution in [0.5, 0.6) is 0 Å². The van der Waals surface area contributed by atoms with Gasteiger partial charge in [-0.2, -0.15) is 0 Å². The number of rotatable bonds is 4. The van der Waals surface area contributed by atoms with Crippen molar-refractivity contribution in [3.05, 3.63) is 52.7 Å². The van der Waals surface area contributed by atoms with Crippen molar-refractivity contribution in [2.24, 2.45) is 5.92 Å². The fourth-order valence-electron chi connectivity index (χ4n) is 6.10. The molecule has 172 valence electrons. The molecule has 1 spiro atoms. The lowest BCUT2D eigenvalue weighted by Gasteiger charge is -2.48. The van der Waals surface area contributed by atoms with E-state index in [9.17, 15) is 4.79 Å². The quantitative estimate of drug-likeness (QED) is 0.403. The highest BCUT2D eigenvalue weighted by Crippen LogP contribution is 2.61. The maximum Gasteiger partial charge on any atom is 0.336 e. The normalized spacial score (nSPS) is 30.2. The van der Waals surface area contributed by atoms with E-state index in [0.29, 0.717) is 12.6 Å². The first kappa shape index (κ1) is 21.9. The van der Waals surface area contributed by atoms with Gasteiger partial charge in [0.05, 0.1) is 24.7 Å². The number of hydrogen-bond donors (Lipinski definition) is 1. The first-order valence-electron chi connectivity index (χ1n) is 11.9. The van der Waals surface area contributed by atoms with Crippen molar-refractivity contribution in [1.29, 1.82) is 0 Å². The molecule has 2 bridgehead atoms. The number of methoxy groups -OCH3 is 1. The van der Waals surface area contributed by atoms with Gasteiger partial charge >= 0.3 is 5.97 Å². The van der Waals surface area contributed by atoms with Gasteiger partial charge in [-0.3, -0.25) is 4.90 Å². The smallest absolute Gasteiger partial charge is 0.336 e. The number of carbonyl (C=O) groups excluding carboxylic acids is 1. The summed E-state index contributed by atoms with van der Waals surface area (Å²) in [4.78, 5) is 15.8. The van der Waals surface area contributed by atoms with Gasteiger partial charge in [-0.15, -0.1) is 0 Å². The second-order valence-corrected chi connectivity index (χ2v) is 16.1. The van der Waals surface area contributed by atoms with E-state index in [1.54, 1.807) is 0 Å². The molecule has 1 aromatic carbocycles. The van der Waals surface area contributed by atoms with Crippen LogP contribution in [-0.2, 0) is 19.4 Å². The van der Waals surface area contributed by atoms with Crippen molar-refractivity contribution in [3.8, 4) is 0 Å². The first-order chi connectivity index (χ1) is 15.1. The van der Waals surface area contributed by atoms with E-state index >= 15 is 0 Å². The van der Waals surface area contributed by atoms with E-state index in [2.05, 4.69) is 74.4 Å². The molecule has 32 heavy (non-hydrogen) atoms. The van der Waals surface area contributed by atoms with Crippen LogP contribution in [0.4, 0.5) is 5.69 Å². The third-order valence-electron chi connectivity index (χ3n) is 8.83. The van der Waals surface area contributed by atoms with E-state index in [1.165, 1.54) is 18.2 Å². The van der Waals surface area contributed by atoms with Crippen LogP contribution in [0.1, 0.15) is 39.2 Å². The number of carbonyl (C=O) groups is 1. The number of nitrogens with zero attached hydrogens (tertiary/aromatic N) is 1. The second-order valence-electron chi connectivity index (χ2n) is 11.3. The lowest BCUT2D eigenvalue weighted by atomic mass is 9.62. The Hall–Kier alpha value is -1.89. The number of esters is 1. The molecule has 0 radical (unpaired) electrons. The van der Waals surface area contributed by atoms with Gasteiger partial charge in [-0.25, -0.2) is 4.79 Å². The zero-order valence-electron chi connectivity index (χ0n) is 20.2.